The molecule has 3 nitrogen and oxygen atoms in total. The molecule has 0 saturated heterocycles. The van der Waals surface area contributed by atoms with Gasteiger partial charge < -0.3 is 5.32 Å². The highest BCUT2D eigenvalue weighted by molar-refractivity contribution is 6.44. The summed E-state index contributed by atoms with van der Waals surface area (Å²) in [4.78, 5) is 16.4. The van der Waals surface area contributed by atoms with Gasteiger partial charge in [-0.3, -0.25) is 4.79 Å². The Hall–Kier alpha value is -1.58. The van der Waals surface area contributed by atoms with Gasteiger partial charge in [0.2, 0.25) is 0 Å². The summed E-state index contributed by atoms with van der Waals surface area (Å²) in [7, 11) is 0. The highest BCUT2D eigenvalue weighted by Gasteiger charge is 2.13. The van der Waals surface area contributed by atoms with E-state index >= 15 is 0 Å². The molecule has 1 amide bonds. The molecule has 1 heterocycles. The second-order valence-corrected chi connectivity index (χ2v) is 5.01. The van der Waals surface area contributed by atoms with Crippen LogP contribution in [0.2, 0.25) is 10.0 Å². The number of halogens is 2. The van der Waals surface area contributed by atoms with Crippen LogP contribution in [0.1, 0.15) is 21.6 Å². The predicted molar refractivity (Wildman–Crippen MR) is 78.1 cm³/mol. The number of carbonyl (C=O) groups excluding carboxylic acids is 1. The molecule has 0 aliphatic heterocycles. The SMILES string of the molecule is Cc1cc(C)nc(NC(=O)c2cccc(Cl)c2Cl)c1. The van der Waals surface area contributed by atoms with Gasteiger partial charge in [0.05, 0.1) is 15.6 Å². The van der Waals surface area contributed by atoms with Crippen LogP contribution in [0.5, 0.6) is 0 Å². The van der Waals surface area contributed by atoms with Crippen LogP contribution >= 0.6 is 23.2 Å². The molecule has 0 unspecified atom stereocenters. The number of pyridine rings is 1. The number of benzene rings is 1. The van der Waals surface area contributed by atoms with E-state index in [1.54, 1.807) is 24.3 Å². The Morgan fingerprint density at radius 3 is 2.63 bits per heavy atom. The lowest BCUT2D eigenvalue weighted by molar-refractivity contribution is 0.102. The zero-order chi connectivity index (χ0) is 14.0. The van der Waals surface area contributed by atoms with Gasteiger partial charge >= 0.3 is 0 Å². The van der Waals surface area contributed by atoms with Crippen LogP contribution in [-0.4, -0.2) is 10.9 Å². The molecule has 0 saturated carbocycles. The molecule has 2 aromatic rings. The molecule has 5 heteroatoms. The maximum Gasteiger partial charge on any atom is 0.258 e. The molecule has 0 aliphatic carbocycles. The first-order valence-corrected chi connectivity index (χ1v) is 6.43. The molecule has 1 aromatic heterocycles. The molecule has 0 spiro atoms. The first-order chi connectivity index (χ1) is 8.97. The second kappa shape index (κ2) is 5.59. The number of aryl methyl sites for hydroxylation is 2. The van der Waals surface area contributed by atoms with Crippen molar-refractivity contribution in [3.63, 3.8) is 0 Å². The van der Waals surface area contributed by atoms with Crippen LogP contribution < -0.4 is 5.32 Å². The molecule has 1 aromatic carbocycles. The topological polar surface area (TPSA) is 42.0 Å². The van der Waals surface area contributed by atoms with E-state index in [0.717, 1.165) is 11.3 Å². The molecule has 1 N–H and O–H groups in total. The van der Waals surface area contributed by atoms with Gasteiger partial charge in [0.1, 0.15) is 5.82 Å². The highest BCUT2D eigenvalue weighted by atomic mass is 35.5. The molecular weight excluding hydrogens is 283 g/mol. The third kappa shape index (κ3) is 3.25. The Bertz CT molecular complexity index is 621. The quantitative estimate of drug-likeness (QED) is 0.899. The summed E-state index contributed by atoms with van der Waals surface area (Å²) in [5.74, 6) is 0.170. The fraction of sp³-hybridized carbons (Fsp3) is 0.143. The fourth-order valence-electron chi connectivity index (χ4n) is 1.77. The summed E-state index contributed by atoms with van der Waals surface area (Å²) in [6.07, 6.45) is 0. The minimum Gasteiger partial charge on any atom is -0.307 e. The number of anilines is 1. The Labute approximate surface area is 121 Å². The molecule has 19 heavy (non-hydrogen) atoms. The number of amides is 1. The molecule has 0 bridgehead atoms. The lowest BCUT2D eigenvalue weighted by Gasteiger charge is -2.08. The van der Waals surface area contributed by atoms with Crippen molar-refractivity contribution in [1.29, 1.82) is 0 Å². The van der Waals surface area contributed by atoms with Crippen LogP contribution in [0.4, 0.5) is 5.82 Å². The number of hydrogen-bond acceptors (Lipinski definition) is 2. The van der Waals surface area contributed by atoms with Crippen molar-refractivity contribution in [2.45, 2.75) is 13.8 Å². The zero-order valence-electron chi connectivity index (χ0n) is 10.5. The number of carbonyl (C=O) groups is 1. The third-order valence-corrected chi connectivity index (χ3v) is 3.35. The minimum atomic E-state index is -0.329. The smallest absolute Gasteiger partial charge is 0.258 e. The maximum atomic E-state index is 12.1. The third-order valence-electron chi connectivity index (χ3n) is 2.54. The molecule has 0 atom stereocenters. The number of hydrogen-bond donors (Lipinski definition) is 1. The van der Waals surface area contributed by atoms with Crippen molar-refractivity contribution in [3.8, 4) is 0 Å². The lowest BCUT2D eigenvalue weighted by Crippen LogP contribution is -2.14. The van der Waals surface area contributed by atoms with E-state index in [9.17, 15) is 4.79 Å². The highest BCUT2D eigenvalue weighted by Crippen LogP contribution is 2.26. The van der Waals surface area contributed by atoms with Gasteiger partial charge in [-0.2, -0.15) is 0 Å². The van der Waals surface area contributed by atoms with Crippen LogP contribution in [-0.2, 0) is 0 Å². The first-order valence-electron chi connectivity index (χ1n) is 5.68. The Balaban J connectivity index is 2.28. The van der Waals surface area contributed by atoms with Gasteiger partial charge in [-0.1, -0.05) is 29.3 Å². The summed E-state index contributed by atoms with van der Waals surface area (Å²) in [5.41, 5.74) is 2.20. The van der Waals surface area contributed by atoms with E-state index in [2.05, 4.69) is 10.3 Å². The van der Waals surface area contributed by atoms with E-state index in [1.807, 2.05) is 19.9 Å². The van der Waals surface area contributed by atoms with E-state index in [-0.39, 0.29) is 10.9 Å². The van der Waals surface area contributed by atoms with Gasteiger partial charge in [0.25, 0.3) is 5.91 Å². The predicted octanol–water partition coefficient (Wildman–Crippen LogP) is 4.26. The summed E-state index contributed by atoms with van der Waals surface area (Å²) in [6.45, 7) is 3.81. The van der Waals surface area contributed by atoms with Crippen LogP contribution in [0, 0.1) is 13.8 Å². The van der Waals surface area contributed by atoms with E-state index in [1.165, 1.54) is 0 Å². The number of nitrogens with zero attached hydrogens (tertiary/aromatic N) is 1. The van der Waals surface area contributed by atoms with Crippen molar-refractivity contribution in [2.75, 3.05) is 5.32 Å². The lowest BCUT2D eigenvalue weighted by atomic mass is 10.2. The van der Waals surface area contributed by atoms with E-state index in [0.29, 0.717) is 16.4 Å². The largest absolute Gasteiger partial charge is 0.307 e. The van der Waals surface area contributed by atoms with Crippen molar-refractivity contribution >= 4 is 34.9 Å². The fourth-order valence-corrected chi connectivity index (χ4v) is 2.15. The maximum absolute atomic E-state index is 12.1. The van der Waals surface area contributed by atoms with Crippen molar-refractivity contribution in [2.24, 2.45) is 0 Å². The summed E-state index contributed by atoms with van der Waals surface area (Å²) in [6, 6.07) is 8.66. The standard InChI is InChI=1S/C14H12Cl2N2O/c1-8-6-9(2)17-12(7-8)18-14(19)10-4-3-5-11(15)13(10)16/h3-7H,1-2H3,(H,17,18,19). The van der Waals surface area contributed by atoms with Crippen molar-refractivity contribution < 1.29 is 4.79 Å². The van der Waals surface area contributed by atoms with Crippen LogP contribution in [0.3, 0.4) is 0 Å². The van der Waals surface area contributed by atoms with Crippen molar-refractivity contribution in [3.05, 3.63) is 57.2 Å². The van der Waals surface area contributed by atoms with Gasteiger partial charge in [0.15, 0.2) is 0 Å². The minimum absolute atomic E-state index is 0.242. The number of nitrogens with one attached hydrogen (secondary N) is 1. The monoisotopic (exact) mass is 294 g/mol. The molecule has 98 valence electrons. The molecular formula is C14H12Cl2N2O. The normalized spacial score (nSPS) is 10.3. The zero-order valence-corrected chi connectivity index (χ0v) is 12.0. The molecule has 2 rings (SSSR count). The van der Waals surface area contributed by atoms with Gasteiger partial charge in [0, 0.05) is 5.69 Å². The van der Waals surface area contributed by atoms with Crippen LogP contribution in [0.25, 0.3) is 0 Å². The Morgan fingerprint density at radius 1 is 1.21 bits per heavy atom. The Morgan fingerprint density at radius 2 is 1.95 bits per heavy atom. The van der Waals surface area contributed by atoms with E-state index < -0.39 is 0 Å². The van der Waals surface area contributed by atoms with Gasteiger partial charge in [-0.25, -0.2) is 4.98 Å². The number of aromatic nitrogens is 1. The van der Waals surface area contributed by atoms with E-state index in [4.69, 9.17) is 23.2 Å². The van der Waals surface area contributed by atoms with Crippen molar-refractivity contribution in [1.82, 2.24) is 4.98 Å². The molecule has 0 aliphatic rings. The average molecular weight is 295 g/mol. The summed E-state index contributed by atoms with van der Waals surface area (Å²) >= 11 is 11.9. The molecule has 0 radical (unpaired) electrons. The molecule has 0 fully saturated rings. The first kappa shape index (κ1) is 13.8. The number of rotatable bonds is 2. The summed E-state index contributed by atoms with van der Waals surface area (Å²) in [5, 5.41) is 3.31. The Kier molecular flexibility index (Phi) is 4.08. The second-order valence-electron chi connectivity index (χ2n) is 4.23. The summed E-state index contributed by atoms with van der Waals surface area (Å²) < 4.78 is 0. The van der Waals surface area contributed by atoms with Gasteiger partial charge in [-0.05, 0) is 43.7 Å². The average Bonchev–Trinajstić information content (AvgIpc) is 2.31. The van der Waals surface area contributed by atoms with Gasteiger partial charge in [-0.15, -0.1) is 0 Å². The van der Waals surface area contributed by atoms with Crippen LogP contribution in [0.15, 0.2) is 30.3 Å².